The molecule has 0 amide bonds. The third kappa shape index (κ3) is 7.34. The van der Waals surface area contributed by atoms with Crippen LogP contribution in [0.1, 0.15) is 39.5 Å². The minimum absolute atomic E-state index is 0.629. The maximum absolute atomic E-state index is 4.23. The molecule has 1 aromatic heterocycles. The molecule has 4 heteroatoms. The minimum atomic E-state index is 0.629. The van der Waals surface area contributed by atoms with Gasteiger partial charge < -0.3 is 5.32 Å². The van der Waals surface area contributed by atoms with Crippen molar-refractivity contribution in [3.63, 3.8) is 0 Å². The highest BCUT2D eigenvalue weighted by molar-refractivity contribution is 7.99. The Kier molecular flexibility index (Phi) is 8.01. The Morgan fingerprint density at radius 3 is 2.94 bits per heavy atom. The van der Waals surface area contributed by atoms with E-state index in [-0.39, 0.29) is 0 Å². The zero-order valence-electron chi connectivity index (χ0n) is 10.9. The SMILES string of the molecule is CCCCCC(C)NCCSc1cnccn1. The van der Waals surface area contributed by atoms with Crippen LogP contribution in [0.15, 0.2) is 23.6 Å². The molecule has 0 aliphatic rings. The summed E-state index contributed by atoms with van der Waals surface area (Å²) in [5, 5.41) is 4.55. The van der Waals surface area contributed by atoms with Gasteiger partial charge in [0.25, 0.3) is 0 Å². The normalized spacial score (nSPS) is 12.6. The van der Waals surface area contributed by atoms with Crippen molar-refractivity contribution in [1.29, 1.82) is 0 Å². The van der Waals surface area contributed by atoms with Gasteiger partial charge in [0.2, 0.25) is 0 Å². The predicted octanol–water partition coefficient (Wildman–Crippen LogP) is 3.13. The Balaban J connectivity index is 2.00. The maximum Gasteiger partial charge on any atom is 0.114 e. The highest BCUT2D eigenvalue weighted by Crippen LogP contribution is 2.11. The molecule has 0 aromatic carbocycles. The summed E-state index contributed by atoms with van der Waals surface area (Å²) in [5.74, 6) is 1.05. The smallest absolute Gasteiger partial charge is 0.114 e. The van der Waals surface area contributed by atoms with Crippen LogP contribution in [0.4, 0.5) is 0 Å². The van der Waals surface area contributed by atoms with E-state index < -0.39 is 0 Å². The molecule has 0 radical (unpaired) electrons. The number of thioether (sulfide) groups is 1. The second-order valence-electron chi connectivity index (χ2n) is 4.24. The van der Waals surface area contributed by atoms with Crippen LogP contribution >= 0.6 is 11.8 Å². The van der Waals surface area contributed by atoms with Crippen LogP contribution in [0.25, 0.3) is 0 Å². The fraction of sp³-hybridized carbons (Fsp3) is 0.692. The van der Waals surface area contributed by atoms with Gasteiger partial charge in [-0.25, -0.2) is 4.98 Å². The second kappa shape index (κ2) is 9.42. The average Bonchev–Trinajstić information content (AvgIpc) is 2.36. The number of nitrogens with zero attached hydrogens (tertiary/aromatic N) is 2. The summed E-state index contributed by atoms with van der Waals surface area (Å²) >= 11 is 1.75. The van der Waals surface area contributed by atoms with E-state index in [1.165, 1.54) is 25.7 Å². The molecule has 1 unspecified atom stereocenters. The van der Waals surface area contributed by atoms with Crippen LogP contribution in [0.5, 0.6) is 0 Å². The highest BCUT2D eigenvalue weighted by atomic mass is 32.2. The van der Waals surface area contributed by atoms with Crippen LogP contribution in [0.3, 0.4) is 0 Å². The van der Waals surface area contributed by atoms with Crippen molar-refractivity contribution in [1.82, 2.24) is 15.3 Å². The Morgan fingerprint density at radius 1 is 1.35 bits per heavy atom. The standard InChI is InChI=1S/C13H23N3S/c1-3-4-5-6-12(2)15-9-10-17-13-11-14-7-8-16-13/h7-8,11-12,15H,3-6,9-10H2,1-2H3. The van der Waals surface area contributed by atoms with Gasteiger partial charge in [0.1, 0.15) is 5.03 Å². The van der Waals surface area contributed by atoms with Crippen molar-refractivity contribution in [2.45, 2.75) is 50.6 Å². The van der Waals surface area contributed by atoms with E-state index in [0.29, 0.717) is 6.04 Å². The van der Waals surface area contributed by atoms with Crippen LogP contribution in [0, 0.1) is 0 Å². The van der Waals surface area contributed by atoms with Crippen LogP contribution in [0.2, 0.25) is 0 Å². The predicted molar refractivity (Wildman–Crippen MR) is 74.4 cm³/mol. The minimum Gasteiger partial charge on any atom is -0.313 e. The average molecular weight is 253 g/mol. The number of nitrogens with one attached hydrogen (secondary N) is 1. The first kappa shape index (κ1) is 14.5. The van der Waals surface area contributed by atoms with Crippen molar-refractivity contribution < 1.29 is 0 Å². The molecule has 17 heavy (non-hydrogen) atoms. The lowest BCUT2D eigenvalue weighted by atomic mass is 10.1. The van der Waals surface area contributed by atoms with Gasteiger partial charge in [0.15, 0.2) is 0 Å². The molecule has 0 bridgehead atoms. The molecule has 1 aromatic rings. The van der Waals surface area contributed by atoms with Crippen molar-refractivity contribution in [2.75, 3.05) is 12.3 Å². The molecular formula is C13H23N3S. The molecule has 0 spiro atoms. The van der Waals surface area contributed by atoms with E-state index in [2.05, 4.69) is 29.1 Å². The Labute approximate surface area is 109 Å². The van der Waals surface area contributed by atoms with E-state index in [9.17, 15) is 0 Å². The summed E-state index contributed by atoms with van der Waals surface area (Å²) in [6.45, 7) is 5.55. The summed E-state index contributed by atoms with van der Waals surface area (Å²) in [5.41, 5.74) is 0. The molecule has 3 nitrogen and oxygen atoms in total. The van der Waals surface area contributed by atoms with Crippen LogP contribution in [-0.4, -0.2) is 28.3 Å². The molecule has 0 aliphatic heterocycles. The maximum atomic E-state index is 4.23. The molecule has 0 saturated heterocycles. The number of rotatable bonds is 9. The van der Waals surface area contributed by atoms with Gasteiger partial charge in [-0.15, -0.1) is 11.8 Å². The second-order valence-corrected chi connectivity index (χ2v) is 5.36. The van der Waals surface area contributed by atoms with Gasteiger partial charge >= 0.3 is 0 Å². The first-order valence-electron chi connectivity index (χ1n) is 6.45. The molecule has 1 N–H and O–H groups in total. The topological polar surface area (TPSA) is 37.8 Å². The molecule has 0 saturated carbocycles. The number of hydrogen-bond acceptors (Lipinski definition) is 4. The van der Waals surface area contributed by atoms with Crippen LogP contribution in [-0.2, 0) is 0 Å². The third-order valence-corrected chi connectivity index (χ3v) is 3.54. The summed E-state index contributed by atoms with van der Waals surface area (Å²) in [6.07, 6.45) is 10.5. The third-order valence-electron chi connectivity index (χ3n) is 2.62. The molecular weight excluding hydrogens is 230 g/mol. The quantitative estimate of drug-likeness (QED) is 0.542. The molecule has 0 fully saturated rings. The molecule has 1 heterocycles. The van der Waals surface area contributed by atoms with Gasteiger partial charge in [-0.3, -0.25) is 4.98 Å². The summed E-state index contributed by atoms with van der Waals surface area (Å²) in [4.78, 5) is 8.27. The summed E-state index contributed by atoms with van der Waals surface area (Å²) in [6, 6.07) is 0.629. The Bertz CT molecular complexity index is 279. The molecule has 96 valence electrons. The monoisotopic (exact) mass is 253 g/mol. The number of unbranched alkanes of at least 4 members (excludes halogenated alkanes) is 2. The zero-order chi connectivity index (χ0) is 12.3. The van der Waals surface area contributed by atoms with Crippen molar-refractivity contribution in [3.05, 3.63) is 18.6 Å². The lowest BCUT2D eigenvalue weighted by Crippen LogP contribution is -2.28. The van der Waals surface area contributed by atoms with E-state index in [1.54, 1.807) is 24.2 Å². The van der Waals surface area contributed by atoms with Gasteiger partial charge in [0.05, 0.1) is 6.20 Å². The van der Waals surface area contributed by atoms with E-state index in [4.69, 9.17) is 0 Å². The number of hydrogen-bond donors (Lipinski definition) is 1. The fourth-order valence-electron chi connectivity index (χ4n) is 1.62. The van der Waals surface area contributed by atoms with E-state index in [1.807, 2.05) is 6.20 Å². The van der Waals surface area contributed by atoms with Gasteiger partial charge in [-0.05, 0) is 13.3 Å². The summed E-state index contributed by atoms with van der Waals surface area (Å²) in [7, 11) is 0. The summed E-state index contributed by atoms with van der Waals surface area (Å²) < 4.78 is 0. The molecule has 1 atom stereocenters. The van der Waals surface area contributed by atoms with Crippen molar-refractivity contribution in [3.8, 4) is 0 Å². The van der Waals surface area contributed by atoms with E-state index in [0.717, 1.165) is 17.3 Å². The van der Waals surface area contributed by atoms with Gasteiger partial charge in [-0.1, -0.05) is 26.2 Å². The Hall–Kier alpha value is -0.610. The molecule has 0 aliphatic carbocycles. The van der Waals surface area contributed by atoms with Gasteiger partial charge in [-0.2, -0.15) is 0 Å². The molecule has 1 rings (SSSR count). The largest absolute Gasteiger partial charge is 0.313 e. The van der Waals surface area contributed by atoms with Gasteiger partial charge in [0, 0.05) is 30.7 Å². The lowest BCUT2D eigenvalue weighted by Gasteiger charge is -2.12. The Morgan fingerprint density at radius 2 is 2.24 bits per heavy atom. The van der Waals surface area contributed by atoms with Crippen LogP contribution < -0.4 is 5.32 Å². The first-order chi connectivity index (χ1) is 8.33. The number of aromatic nitrogens is 2. The zero-order valence-corrected chi connectivity index (χ0v) is 11.7. The highest BCUT2D eigenvalue weighted by Gasteiger charge is 2.00. The lowest BCUT2D eigenvalue weighted by molar-refractivity contribution is 0.502. The van der Waals surface area contributed by atoms with Crippen molar-refractivity contribution in [2.24, 2.45) is 0 Å². The fourth-order valence-corrected chi connectivity index (χ4v) is 2.32. The first-order valence-corrected chi connectivity index (χ1v) is 7.43. The van der Waals surface area contributed by atoms with E-state index >= 15 is 0 Å². The van der Waals surface area contributed by atoms with Crippen molar-refractivity contribution >= 4 is 11.8 Å².